The highest BCUT2D eigenvalue weighted by atomic mass is 79.9. The molecule has 2 rings (SSSR count). The van der Waals surface area contributed by atoms with Gasteiger partial charge in [0, 0.05) is 38.7 Å². The molecule has 1 N–H and O–H groups in total. The van der Waals surface area contributed by atoms with Crippen molar-refractivity contribution >= 4 is 27.7 Å². The Morgan fingerprint density at radius 1 is 1.10 bits per heavy atom. The zero-order valence-electron chi connectivity index (χ0n) is 12.0. The Morgan fingerprint density at radius 3 is 2.40 bits per heavy atom. The fraction of sp³-hybridized carbons (Fsp3) is 0.312. The van der Waals surface area contributed by atoms with Gasteiger partial charge in [-0.25, -0.2) is 0 Å². The van der Waals surface area contributed by atoms with Crippen molar-refractivity contribution in [2.24, 2.45) is 0 Å². The molecule has 0 saturated heterocycles. The van der Waals surface area contributed by atoms with Gasteiger partial charge in [0.25, 0.3) is 0 Å². The molecule has 2 aromatic rings. The number of nitrogens with one attached hydrogen (secondary N) is 1. The van der Waals surface area contributed by atoms with Crippen molar-refractivity contribution in [1.82, 2.24) is 10.3 Å². The number of aromatic nitrogens is 1. The van der Waals surface area contributed by atoms with Crippen LogP contribution in [0, 0.1) is 0 Å². The van der Waals surface area contributed by atoms with Gasteiger partial charge < -0.3 is 5.32 Å². The van der Waals surface area contributed by atoms with Crippen molar-refractivity contribution in [3.8, 4) is 0 Å². The molecule has 2 nitrogen and oxygen atoms in total. The molecule has 1 aromatic carbocycles. The van der Waals surface area contributed by atoms with Gasteiger partial charge >= 0.3 is 0 Å². The minimum Gasteiger partial charge on any atom is -0.308 e. The van der Waals surface area contributed by atoms with Crippen LogP contribution >= 0.6 is 27.7 Å². The molecule has 106 valence electrons. The SMILES string of the molecule is CC(C)(C)NCc1ccc(Sc2ccncc2)cc1Br. The Kier molecular flexibility index (Phi) is 5.24. The molecule has 1 aromatic heterocycles. The summed E-state index contributed by atoms with van der Waals surface area (Å²) >= 11 is 5.41. The van der Waals surface area contributed by atoms with Crippen molar-refractivity contribution in [2.45, 2.75) is 42.6 Å². The van der Waals surface area contributed by atoms with E-state index in [1.165, 1.54) is 15.4 Å². The van der Waals surface area contributed by atoms with Crippen LogP contribution < -0.4 is 5.32 Å². The van der Waals surface area contributed by atoms with E-state index in [4.69, 9.17) is 0 Å². The number of benzene rings is 1. The minimum absolute atomic E-state index is 0.129. The van der Waals surface area contributed by atoms with Crippen LogP contribution in [0.25, 0.3) is 0 Å². The van der Waals surface area contributed by atoms with E-state index in [0.717, 1.165) is 11.0 Å². The second kappa shape index (κ2) is 6.74. The number of nitrogens with zero attached hydrogens (tertiary/aromatic N) is 1. The highest BCUT2D eigenvalue weighted by Gasteiger charge is 2.10. The van der Waals surface area contributed by atoms with E-state index in [1.807, 2.05) is 24.5 Å². The third-order valence-corrected chi connectivity index (χ3v) is 4.45. The average Bonchev–Trinajstić information content (AvgIpc) is 2.38. The maximum atomic E-state index is 4.04. The third kappa shape index (κ3) is 4.93. The molecule has 0 aliphatic carbocycles. The molecular formula is C16H19BrN2S. The zero-order chi connectivity index (χ0) is 14.6. The van der Waals surface area contributed by atoms with Crippen molar-refractivity contribution in [1.29, 1.82) is 0 Å². The van der Waals surface area contributed by atoms with Crippen LogP contribution in [0.2, 0.25) is 0 Å². The smallest absolute Gasteiger partial charge is 0.0279 e. The van der Waals surface area contributed by atoms with Crippen LogP contribution in [-0.4, -0.2) is 10.5 Å². The Balaban J connectivity index is 2.06. The summed E-state index contributed by atoms with van der Waals surface area (Å²) in [5.74, 6) is 0. The predicted octanol–water partition coefficient (Wildman–Crippen LogP) is 4.88. The Morgan fingerprint density at radius 2 is 1.80 bits per heavy atom. The maximum absolute atomic E-state index is 4.04. The summed E-state index contributed by atoms with van der Waals surface area (Å²) in [6.45, 7) is 7.39. The lowest BCUT2D eigenvalue weighted by atomic mass is 10.1. The highest BCUT2D eigenvalue weighted by Crippen LogP contribution is 2.30. The Bertz CT molecular complexity index is 564. The molecule has 0 unspecified atom stereocenters. The summed E-state index contributed by atoms with van der Waals surface area (Å²) in [4.78, 5) is 6.46. The van der Waals surface area contributed by atoms with Crippen LogP contribution in [0.3, 0.4) is 0 Å². The van der Waals surface area contributed by atoms with E-state index in [9.17, 15) is 0 Å². The van der Waals surface area contributed by atoms with Crippen LogP contribution in [-0.2, 0) is 6.54 Å². The highest BCUT2D eigenvalue weighted by molar-refractivity contribution is 9.10. The maximum Gasteiger partial charge on any atom is 0.0279 e. The third-order valence-electron chi connectivity index (χ3n) is 2.72. The molecule has 0 fully saturated rings. The standard InChI is InChI=1S/C16H19BrN2S/c1-16(2,3)19-11-12-4-5-14(10-15(12)17)20-13-6-8-18-9-7-13/h4-10,19H,11H2,1-3H3. The van der Waals surface area contributed by atoms with Crippen molar-refractivity contribution in [2.75, 3.05) is 0 Å². The zero-order valence-corrected chi connectivity index (χ0v) is 14.4. The van der Waals surface area contributed by atoms with Crippen LogP contribution in [0.15, 0.2) is 57.0 Å². The van der Waals surface area contributed by atoms with Gasteiger partial charge in [0.05, 0.1) is 0 Å². The molecule has 1 heterocycles. The second-order valence-corrected chi connectivity index (χ2v) is 7.64. The summed E-state index contributed by atoms with van der Waals surface area (Å²) < 4.78 is 1.15. The monoisotopic (exact) mass is 350 g/mol. The van der Waals surface area contributed by atoms with Crippen LogP contribution in [0.4, 0.5) is 0 Å². The van der Waals surface area contributed by atoms with Gasteiger partial charge in [-0.15, -0.1) is 0 Å². The first-order valence-electron chi connectivity index (χ1n) is 6.55. The molecule has 0 atom stereocenters. The Hall–Kier alpha value is -0.840. The summed E-state index contributed by atoms with van der Waals surface area (Å²) in [5.41, 5.74) is 1.41. The van der Waals surface area contributed by atoms with E-state index in [2.05, 4.69) is 65.2 Å². The summed E-state index contributed by atoms with van der Waals surface area (Å²) in [6.07, 6.45) is 3.64. The summed E-state index contributed by atoms with van der Waals surface area (Å²) in [5, 5.41) is 3.50. The van der Waals surface area contributed by atoms with Crippen molar-refractivity contribution in [3.63, 3.8) is 0 Å². The topological polar surface area (TPSA) is 24.9 Å². The van der Waals surface area contributed by atoms with Crippen molar-refractivity contribution in [3.05, 3.63) is 52.8 Å². The van der Waals surface area contributed by atoms with Crippen LogP contribution in [0.1, 0.15) is 26.3 Å². The Labute approximate surface area is 133 Å². The molecule has 0 bridgehead atoms. The molecule has 20 heavy (non-hydrogen) atoms. The minimum atomic E-state index is 0.129. The molecule has 0 spiro atoms. The molecular weight excluding hydrogens is 332 g/mol. The van der Waals surface area contributed by atoms with E-state index in [1.54, 1.807) is 11.8 Å². The molecule has 0 aliphatic heterocycles. The summed E-state index contributed by atoms with van der Waals surface area (Å²) in [7, 11) is 0. The van der Waals surface area contributed by atoms with E-state index in [-0.39, 0.29) is 5.54 Å². The molecule has 0 radical (unpaired) electrons. The van der Waals surface area contributed by atoms with Gasteiger partial charge in [-0.05, 0) is 50.6 Å². The lowest BCUT2D eigenvalue weighted by molar-refractivity contribution is 0.424. The molecule has 0 aliphatic rings. The number of pyridine rings is 1. The average molecular weight is 351 g/mol. The van der Waals surface area contributed by atoms with Gasteiger partial charge in [-0.1, -0.05) is 33.8 Å². The largest absolute Gasteiger partial charge is 0.308 e. The van der Waals surface area contributed by atoms with Gasteiger partial charge in [0.2, 0.25) is 0 Å². The van der Waals surface area contributed by atoms with Gasteiger partial charge in [0.15, 0.2) is 0 Å². The normalized spacial score (nSPS) is 11.6. The van der Waals surface area contributed by atoms with E-state index in [0.29, 0.717) is 0 Å². The molecule has 0 amide bonds. The number of rotatable bonds is 4. The van der Waals surface area contributed by atoms with E-state index < -0.39 is 0 Å². The first kappa shape index (κ1) is 15.5. The second-order valence-electron chi connectivity index (χ2n) is 5.64. The quantitative estimate of drug-likeness (QED) is 0.850. The van der Waals surface area contributed by atoms with Gasteiger partial charge in [0.1, 0.15) is 0 Å². The lowest BCUT2D eigenvalue weighted by Crippen LogP contribution is -2.35. The number of halogens is 1. The lowest BCUT2D eigenvalue weighted by Gasteiger charge is -2.21. The molecule has 0 saturated carbocycles. The van der Waals surface area contributed by atoms with Gasteiger partial charge in [-0.2, -0.15) is 0 Å². The number of hydrogen-bond acceptors (Lipinski definition) is 3. The first-order valence-corrected chi connectivity index (χ1v) is 8.16. The number of hydrogen-bond donors (Lipinski definition) is 1. The fourth-order valence-electron chi connectivity index (χ4n) is 1.64. The van der Waals surface area contributed by atoms with Crippen LogP contribution in [0.5, 0.6) is 0 Å². The van der Waals surface area contributed by atoms with Gasteiger partial charge in [-0.3, -0.25) is 4.98 Å². The predicted molar refractivity (Wildman–Crippen MR) is 89.1 cm³/mol. The first-order chi connectivity index (χ1) is 9.44. The van der Waals surface area contributed by atoms with Crippen molar-refractivity contribution < 1.29 is 0 Å². The summed E-state index contributed by atoms with van der Waals surface area (Å²) in [6, 6.07) is 10.5. The molecule has 4 heteroatoms. The van der Waals surface area contributed by atoms with E-state index >= 15 is 0 Å². The fourth-order valence-corrected chi connectivity index (χ4v) is 3.15.